The number of imide groups is 1. The standard InChI is InChI=1S/C18H13Cl2N5O3/c19-10-3-1-5-12(7-10)21-14(26)9-24-16-15(22-23-24)17(27)25(18(16)28)13-6-2-4-11(20)8-13/h1-8,15-16H,9H2,(H,21,26)/t15-,16+/m1/s1. The third-order valence-electron chi connectivity index (χ3n) is 4.34. The zero-order chi connectivity index (χ0) is 19.8. The maximum atomic E-state index is 12.9. The topological polar surface area (TPSA) is 94.4 Å². The molecule has 0 saturated carbocycles. The van der Waals surface area contributed by atoms with E-state index in [2.05, 4.69) is 15.7 Å². The molecule has 10 heteroatoms. The molecule has 8 nitrogen and oxygen atoms in total. The Morgan fingerprint density at radius 3 is 2.46 bits per heavy atom. The molecule has 0 aromatic heterocycles. The fraction of sp³-hybridized carbons (Fsp3) is 0.167. The molecule has 2 aromatic rings. The molecule has 2 aliphatic rings. The number of hydrogen-bond donors (Lipinski definition) is 1. The van der Waals surface area contributed by atoms with E-state index in [1.807, 2.05) is 0 Å². The summed E-state index contributed by atoms with van der Waals surface area (Å²) in [5.74, 6) is -1.42. The third kappa shape index (κ3) is 3.32. The number of amides is 3. The van der Waals surface area contributed by atoms with Crippen LogP contribution in [0.15, 0.2) is 58.9 Å². The minimum atomic E-state index is -0.981. The fourth-order valence-corrected chi connectivity index (χ4v) is 3.51. The summed E-state index contributed by atoms with van der Waals surface area (Å²) in [6, 6.07) is 11.1. The number of rotatable bonds is 4. The predicted octanol–water partition coefficient (Wildman–Crippen LogP) is 2.93. The van der Waals surface area contributed by atoms with E-state index in [0.717, 1.165) is 4.90 Å². The smallest absolute Gasteiger partial charge is 0.263 e. The Kier molecular flexibility index (Phi) is 4.74. The van der Waals surface area contributed by atoms with Crippen LogP contribution in [0.25, 0.3) is 0 Å². The highest BCUT2D eigenvalue weighted by Gasteiger charge is 2.55. The van der Waals surface area contributed by atoms with Crippen LogP contribution < -0.4 is 10.2 Å². The number of nitrogens with one attached hydrogen (secondary N) is 1. The van der Waals surface area contributed by atoms with Crippen LogP contribution in [0.3, 0.4) is 0 Å². The molecule has 28 heavy (non-hydrogen) atoms. The first-order valence-electron chi connectivity index (χ1n) is 8.30. The first-order valence-corrected chi connectivity index (χ1v) is 9.06. The van der Waals surface area contributed by atoms with Gasteiger partial charge in [-0.1, -0.05) is 40.6 Å². The van der Waals surface area contributed by atoms with Gasteiger partial charge < -0.3 is 5.32 Å². The Labute approximate surface area is 169 Å². The monoisotopic (exact) mass is 417 g/mol. The zero-order valence-corrected chi connectivity index (χ0v) is 15.8. The molecule has 2 aliphatic heterocycles. The maximum absolute atomic E-state index is 12.9. The summed E-state index contributed by atoms with van der Waals surface area (Å²) >= 11 is 11.9. The van der Waals surface area contributed by atoms with Crippen molar-refractivity contribution in [3.8, 4) is 0 Å². The summed E-state index contributed by atoms with van der Waals surface area (Å²) in [4.78, 5) is 38.8. The minimum absolute atomic E-state index is 0.237. The number of halogens is 2. The van der Waals surface area contributed by atoms with Gasteiger partial charge in [-0.15, -0.1) is 0 Å². The Balaban J connectivity index is 1.49. The molecule has 0 bridgehead atoms. The predicted molar refractivity (Wildman–Crippen MR) is 103 cm³/mol. The Morgan fingerprint density at radius 2 is 1.75 bits per heavy atom. The molecule has 0 aliphatic carbocycles. The summed E-state index contributed by atoms with van der Waals surface area (Å²) in [6.07, 6.45) is 0. The lowest BCUT2D eigenvalue weighted by molar-refractivity contribution is -0.123. The second-order valence-corrected chi connectivity index (χ2v) is 7.12. The van der Waals surface area contributed by atoms with Gasteiger partial charge in [-0.2, -0.15) is 5.11 Å². The van der Waals surface area contributed by atoms with E-state index in [1.54, 1.807) is 42.5 Å². The van der Waals surface area contributed by atoms with Crippen molar-refractivity contribution in [1.29, 1.82) is 0 Å². The van der Waals surface area contributed by atoms with Crippen molar-refractivity contribution in [2.45, 2.75) is 12.1 Å². The number of benzene rings is 2. The van der Waals surface area contributed by atoms with Gasteiger partial charge >= 0.3 is 0 Å². The van der Waals surface area contributed by atoms with E-state index < -0.39 is 29.8 Å². The minimum Gasteiger partial charge on any atom is -0.324 e. The molecule has 2 heterocycles. The molecule has 1 saturated heterocycles. The van der Waals surface area contributed by atoms with Crippen molar-refractivity contribution >= 4 is 52.3 Å². The average molecular weight is 418 g/mol. The molecule has 1 N–H and O–H groups in total. The second-order valence-electron chi connectivity index (χ2n) is 6.24. The van der Waals surface area contributed by atoms with E-state index in [1.165, 1.54) is 11.1 Å². The van der Waals surface area contributed by atoms with Gasteiger partial charge in [0.1, 0.15) is 6.54 Å². The number of hydrogen-bond acceptors (Lipinski definition) is 6. The number of carbonyl (C=O) groups excluding carboxylic acids is 3. The van der Waals surface area contributed by atoms with Gasteiger partial charge in [-0.05, 0) is 36.4 Å². The number of carbonyl (C=O) groups is 3. The van der Waals surface area contributed by atoms with Gasteiger partial charge in [-0.25, -0.2) is 4.90 Å². The molecule has 2 aromatic carbocycles. The van der Waals surface area contributed by atoms with Gasteiger partial charge in [0, 0.05) is 15.7 Å². The van der Waals surface area contributed by atoms with Crippen molar-refractivity contribution in [3.63, 3.8) is 0 Å². The first-order chi connectivity index (χ1) is 13.4. The molecule has 2 atom stereocenters. The van der Waals surface area contributed by atoms with Gasteiger partial charge in [0.25, 0.3) is 11.8 Å². The van der Waals surface area contributed by atoms with Crippen LogP contribution in [0.2, 0.25) is 10.0 Å². The van der Waals surface area contributed by atoms with Crippen LogP contribution in [0.4, 0.5) is 11.4 Å². The molecule has 0 unspecified atom stereocenters. The van der Waals surface area contributed by atoms with Crippen LogP contribution in [-0.4, -0.2) is 41.4 Å². The average Bonchev–Trinajstić information content (AvgIpc) is 3.15. The summed E-state index contributed by atoms with van der Waals surface area (Å²) in [5, 5.41) is 12.5. The van der Waals surface area contributed by atoms with Gasteiger partial charge in [0.15, 0.2) is 12.1 Å². The van der Waals surface area contributed by atoms with Crippen LogP contribution in [0, 0.1) is 0 Å². The fourth-order valence-electron chi connectivity index (χ4n) is 3.14. The highest BCUT2D eigenvalue weighted by molar-refractivity contribution is 6.32. The van der Waals surface area contributed by atoms with Crippen molar-refractivity contribution in [1.82, 2.24) is 5.01 Å². The second kappa shape index (κ2) is 7.21. The molecular weight excluding hydrogens is 405 g/mol. The van der Waals surface area contributed by atoms with Gasteiger partial charge in [-0.3, -0.25) is 19.4 Å². The van der Waals surface area contributed by atoms with Crippen LogP contribution in [0.1, 0.15) is 0 Å². The van der Waals surface area contributed by atoms with Crippen molar-refractivity contribution < 1.29 is 14.4 Å². The number of anilines is 2. The van der Waals surface area contributed by atoms with Crippen LogP contribution >= 0.6 is 23.2 Å². The maximum Gasteiger partial charge on any atom is 0.263 e. The summed E-state index contributed by atoms with van der Waals surface area (Å²) in [5.41, 5.74) is 0.870. The molecule has 3 amide bonds. The van der Waals surface area contributed by atoms with E-state index in [9.17, 15) is 14.4 Å². The number of fused-ring (bicyclic) bond motifs is 1. The lowest BCUT2D eigenvalue weighted by Gasteiger charge is -2.20. The molecule has 142 valence electrons. The lowest BCUT2D eigenvalue weighted by Crippen LogP contribution is -2.43. The normalized spacial score (nSPS) is 20.6. The molecule has 4 rings (SSSR count). The van der Waals surface area contributed by atoms with Crippen molar-refractivity contribution in [2.75, 3.05) is 16.8 Å². The Morgan fingerprint density at radius 1 is 1.04 bits per heavy atom. The molecule has 0 spiro atoms. The highest BCUT2D eigenvalue weighted by Crippen LogP contribution is 2.32. The number of nitrogens with zero attached hydrogens (tertiary/aromatic N) is 4. The largest absolute Gasteiger partial charge is 0.324 e. The third-order valence-corrected chi connectivity index (χ3v) is 4.81. The van der Waals surface area contributed by atoms with Crippen molar-refractivity contribution in [3.05, 3.63) is 58.6 Å². The zero-order valence-electron chi connectivity index (χ0n) is 14.3. The SMILES string of the molecule is O=C(CN1N=N[C@H]2C(=O)N(c3cccc(Cl)c3)C(=O)[C@H]21)Nc1cccc(Cl)c1. The molecule has 1 fully saturated rings. The summed E-state index contributed by atoms with van der Waals surface area (Å²) in [6.45, 7) is -0.237. The molecule has 0 radical (unpaired) electrons. The van der Waals surface area contributed by atoms with E-state index in [-0.39, 0.29) is 6.54 Å². The summed E-state index contributed by atoms with van der Waals surface area (Å²) in [7, 11) is 0. The van der Waals surface area contributed by atoms with E-state index in [0.29, 0.717) is 21.4 Å². The Bertz CT molecular complexity index is 1010. The van der Waals surface area contributed by atoms with Gasteiger partial charge in [0.2, 0.25) is 5.91 Å². The van der Waals surface area contributed by atoms with Crippen molar-refractivity contribution in [2.24, 2.45) is 10.3 Å². The quantitative estimate of drug-likeness (QED) is 0.773. The summed E-state index contributed by atoms with van der Waals surface area (Å²) < 4.78 is 0. The lowest BCUT2D eigenvalue weighted by atomic mass is 10.1. The van der Waals surface area contributed by atoms with Gasteiger partial charge in [0.05, 0.1) is 5.69 Å². The highest BCUT2D eigenvalue weighted by atomic mass is 35.5. The van der Waals surface area contributed by atoms with Crippen LogP contribution in [-0.2, 0) is 14.4 Å². The Hall–Kier alpha value is -2.97. The first kappa shape index (κ1) is 18.4. The van der Waals surface area contributed by atoms with E-state index in [4.69, 9.17) is 23.2 Å². The molecular formula is C18H13Cl2N5O3. The van der Waals surface area contributed by atoms with E-state index >= 15 is 0 Å². The van der Waals surface area contributed by atoms with Crippen LogP contribution in [0.5, 0.6) is 0 Å².